The number of rotatable bonds is 4. The highest BCUT2D eigenvalue weighted by atomic mass is 16.1. The highest BCUT2D eigenvalue weighted by molar-refractivity contribution is 6.43. The second-order valence-corrected chi connectivity index (χ2v) is 2.37. The molecule has 0 spiro atoms. The maximum absolute atomic E-state index is 11.2. The first-order valence-corrected chi connectivity index (χ1v) is 3.87. The summed E-state index contributed by atoms with van der Waals surface area (Å²) in [5.41, 5.74) is 1.21. The number of nitrogens with zero attached hydrogens (tertiary/aromatic N) is 1. The summed E-state index contributed by atoms with van der Waals surface area (Å²) in [6.07, 6.45) is 4.63. The number of allylic oxidation sites excluding steroid dienone is 2. The summed E-state index contributed by atoms with van der Waals surface area (Å²) in [6.45, 7) is 8.85. The van der Waals surface area contributed by atoms with Crippen molar-refractivity contribution in [3.05, 3.63) is 37.1 Å². The van der Waals surface area contributed by atoms with E-state index in [9.17, 15) is 4.79 Å². The maximum Gasteiger partial charge on any atom is 0.269 e. The van der Waals surface area contributed by atoms with Crippen molar-refractivity contribution < 1.29 is 4.79 Å². The van der Waals surface area contributed by atoms with E-state index in [4.69, 9.17) is 0 Å². The number of hydrogen-bond acceptors (Lipinski definition) is 2. The lowest BCUT2D eigenvalue weighted by Crippen LogP contribution is -2.26. The van der Waals surface area contributed by atoms with Gasteiger partial charge in [0.25, 0.3) is 5.91 Å². The Kier molecular flexibility index (Phi) is 5.19. The molecule has 0 aromatic heterocycles. The highest BCUT2D eigenvalue weighted by Crippen LogP contribution is 1.95. The number of hydrogen-bond donors (Lipinski definition) is 1. The van der Waals surface area contributed by atoms with Crippen LogP contribution in [0.15, 0.2) is 42.1 Å². The predicted molar refractivity (Wildman–Crippen MR) is 55.7 cm³/mol. The molecular weight excluding hydrogens is 164 g/mol. The Morgan fingerprint density at radius 3 is 2.46 bits per heavy atom. The summed E-state index contributed by atoms with van der Waals surface area (Å²) >= 11 is 0. The summed E-state index contributed by atoms with van der Waals surface area (Å²) < 4.78 is 0. The summed E-state index contributed by atoms with van der Waals surface area (Å²) in [4.78, 5) is 15.0. The van der Waals surface area contributed by atoms with Crippen LogP contribution in [0.1, 0.15) is 6.92 Å². The summed E-state index contributed by atoms with van der Waals surface area (Å²) in [7, 11) is 1.55. The molecule has 13 heavy (non-hydrogen) atoms. The Morgan fingerprint density at radius 1 is 1.46 bits per heavy atom. The molecule has 0 atom stereocenters. The first kappa shape index (κ1) is 11.4. The van der Waals surface area contributed by atoms with Gasteiger partial charge < -0.3 is 5.32 Å². The van der Waals surface area contributed by atoms with Crippen LogP contribution in [-0.2, 0) is 4.79 Å². The fraction of sp³-hybridized carbons (Fsp3) is 0.200. The molecule has 3 heteroatoms. The second kappa shape index (κ2) is 5.94. The molecule has 0 aliphatic rings. The van der Waals surface area contributed by atoms with E-state index >= 15 is 0 Å². The molecule has 0 aliphatic heterocycles. The average molecular weight is 178 g/mol. The third-order valence-corrected chi connectivity index (χ3v) is 1.38. The van der Waals surface area contributed by atoms with Gasteiger partial charge in [-0.1, -0.05) is 19.2 Å². The first-order chi connectivity index (χ1) is 6.15. The number of nitrogens with one attached hydrogen (secondary N) is 1. The molecule has 0 aliphatic carbocycles. The Labute approximate surface area is 78.6 Å². The molecule has 1 N–H and O–H groups in total. The van der Waals surface area contributed by atoms with Crippen LogP contribution in [0.2, 0.25) is 0 Å². The molecule has 0 fully saturated rings. The zero-order valence-corrected chi connectivity index (χ0v) is 8.00. The fourth-order valence-corrected chi connectivity index (χ4v) is 0.662. The van der Waals surface area contributed by atoms with Crippen LogP contribution in [0.3, 0.4) is 0 Å². The second-order valence-electron chi connectivity index (χ2n) is 2.37. The molecule has 0 saturated carbocycles. The third-order valence-electron chi connectivity index (χ3n) is 1.38. The topological polar surface area (TPSA) is 41.5 Å². The van der Waals surface area contributed by atoms with Crippen LogP contribution in [-0.4, -0.2) is 18.7 Å². The third kappa shape index (κ3) is 4.06. The van der Waals surface area contributed by atoms with E-state index in [0.29, 0.717) is 5.71 Å². The Balaban J connectivity index is 4.83. The number of amides is 1. The van der Waals surface area contributed by atoms with Gasteiger partial charge in [0, 0.05) is 13.2 Å². The molecule has 0 bridgehead atoms. The van der Waals surface area contributed by atoms with Gasteiger partial charge in [0.1, 0.15) is 5.71 Å². The average Bonchev–Trinajstić information content (AvgIpc) is 2.15. The minimum Gasteiger partial charge on any atom is -0.354 e. The maximum atomic E-state index is 11.2. The quantitative estimate of drug-likeness (QED) is 0.513. The van der Waals surface area contributed by atoms with Gasteiger partial charge in [-0.05, 0) is 18.6 Å². The monoisotopic (exact) mass is 178 g/mol. The molecule has 3 nitrogen and oxygen atoms in total. The lowest BCUT2D eigenvalue weighted by Gasteiger charge is -1.98. The van der Waals surface area contributed by atoms with Crippen LogP contribution in [0, 0.1) is 0 Å². The van der Waals surface area contributed by atoms with E-state index in [1.54, 1.807) is 19.2 Å². The lowest BCUT2D eigenvalue weighted by molar-refractivity contribution is -0.114. The molecule has 0 heterocycles. The molecule has 70 valence electrons. The van der Waals surface area contributed by atoms with Crippen LogP contribution in [0.25, 0.3) is 0 Å². The first-order valence-electron chi connectivity index (χ1n) is 3.87. The Bertz CT molecular complexity index is 275. The molecule has 0 unspecified atom stereocenters. The van der Waals surface area contributed by atoms with Gasteiger partial charge in [0.15, 0.2) is 0 Å². The summed E-state index contributed by atoms with van der Waals surface area (Å²) in [5.74, 6) is -0.235. The fourth-order valence-electron chi connectivity index (χ4n) is 0.662. The largest absolute Gasteiger partial charge is 0.354 e. The molecule has 1 amide bonds. The number of carbonyl (C=O) groups excluding carboxylic acids is 1. The van der Waals surface area contributed by atoms with E-state index in [1.807, 2.05) is 6.92 Å². The molecular formula is C10H14N2O. The SMILES string of the molecule is C=CN=C(/C=C(/C)C=C)C(=O)NC. The van der Waals surface area contributed by atoms with E-state index in [0.717, 1.165) is 5.57 Å². The van der Waals surface area contributed by atoms with Gasteiger partial charge in [-0.15, -0.1) is 0 Å². The molecule has 0 rings (SSSR count). The minimum absolute atomic E-state index is 0.235. The lowest BCUT2D eigenvalue weighted by atomic mass is 10.2. The van der Waals surface area contributed by atoms with Crippen LogP contribution < -0.4 is 5.32 Å². The molecule has 0 radical (unpaired) electrons. The molecule has 0 aromatic rings. The van der Waals surface area contributed by atoms with Crippen molar-refractivity contribution in [3.8, 4) is 0 Å². The van der Waals surface area contributed by atoms with Crippen LogP contribution >= 0.6 is 0 Å². The van der Waals surface area contributed by atoms with Crippen molar-refractivity contribution in [1.29, 1.82) is 0 Å². The van der Waals surface area contributed by atoms with Crippen LogP contribution in [0.4, 0.5) is 0 Å². The summed E-state index contributed by atoms with van der Waals surface area (Å²) in [6, 6.07) is 0. The van der Waals surface area contributed by atoms with E-state index in [-0.39, 0.29) is 5.91 Å². The van der Waals surface area contributed by atoms with Crippen molar-refractivity contribution in [3.63, 3.8) is 0 Å². The zero-order chi connectivity index (χ0) is 10.3. The smallest absolute Gasteiger partial charge is 0.269 e. The predicted octanol–water partition coefficient (Wildman–Crippen LogP) is 1.45. The normalized spacial score (nSPS) is 12.2. The number of carbonyl (C=O) groups is 1. The Hall–Kier alpha value is -1.64. The number of aliphatic imine (C=N–C) groups is 1. The van der Waals surface area contributed by atoms with E-state index in [1.165, 1.54) is 6.20 Å². The van der Waals surface area contributed by atoms with Crippen molar-refractivity contribution >= 4 is 11.6 Å². The van der Waals surface area contributed by atoms with Gasteiger partial charge in [0.2, 0.25) is 0 Å². The minimum atomic E-state index is -0.235. The standard InChI is InChI=1S/C10H14N2O/c1-5-8(3)7-9(12-6-2)10(13)11-4/h5-7H,1-2H2,3-4H3,(H,11,13)/b8-7-,12-9?. The van der Waals surface area contributed by atoms with Gasteiger partial charge in [-0.25, -0.2) is 0 Å². The van der Waals surface area contributed by atoms with Gasteiger partial charge in [-0.2, -0.15) is 0 Å². The van der Waals surface area contributed by atoms with Crippen LogP contribution in [0.5, 0.6) is 0 Å². The van der Waals surface area contributed by atoms with Gasteiger partial charge in [0.05, 0.1) is 0 Å². The van der Waals surface area contributed by atoms with Crippen molar-refractivity contribution in [2.45, 2.75) is 6.92 Å². The molecule has 0 aromatic carbocycles. The Morgan fingerprint density at radius 2 is 2.08 bits per heavy atom. The van der Waals surface area contributed by atoms with E-state index < -0.39 is 0 Å². The summed E-state index contributed by atoms with van der Waals surface area (Å²) in [5, 5.41) is 2.48. The molecule has 0 saturated heterocycles. The zero-order valence-electron chi connectivity index (χ0n) is 8.00. The van der Waals surface area contributed by atoms with E-state index in [2.05, 4.69) is 23.5 Å². The van der Waals surface area contributed by atoms with Gasteiger partial charge in [-0.3, -0.25) is 9.79 Å². The van der Waals surface area contributed by atoms with Crippen molar-refractivity contribution in [2.24, 2.45) is 4.99 Å². The van der Waals surface area contributed by atoms with Crippen molar-refractivity contribution in [2.75, 3.05) is 7.05 Å². The highest BCUT2D eigenvalue weighted by Gasteiger charge is 2.04. The van der Waals surface area contributed by atoms with Gasteiger partial charge >= 0.3 is 0 Å². The van der Waals surface area contributed by atoms with Crippen molar-refractivity contribution in [1.82, 2.24) is 5.32 Å².